The van der Waals surface area contributed by atoms with Gasteiger partial charge >= 0.3 is 0 Å². The lowest BCUT2D eigenvalue weighted by molar-refractivity contribution is 0.589. The average molecular weight is 1040 g/mol. The van der Waals surface area contributed by atoms with Crippen LogP contribution in [0.5, 0.6) is 0 Å². The SMILES string of the molecule is CP(=O)(c1ccc(-c2ccc(-c3c4ccccc4c(-c4cccc(P(C)(=O)c5ccccc5)c4)c4ccccc34)c3ccccc23)cc1)c1ccc(-c2c3ccccc3c(-c3cccc4ccccc34)c3ccccc23)cc1. The average Bonchev–Trinajstić information content (AvgIpc) is 3.69. The molecule has 0 heterocycles. The van der Waals surface area contributed by atoms with Crippen molar-refractivity contribution < 1.29 is 9.13 Å². The predicted molar refractivity (Wildman–Crippen MR) is 337 cm³/mol. The van der Waals surface area contributed by atoms with Gasteiger partial charge in [0.1, 0.15) is 14.3 Å². The molecule has 0 aromatic heterocycles. The standard InChI is InChI=1S/C74H52O2P2/c1-77(75,55-44-40-51(41-45-55)71-62-29-10-14-33-66(62)73(67-34-15-11-30-63(67)71)61-37-19-21-49-20-6-7-26-57(49)61)54-42-38-50(39-43-54)58-46-47-70(60-28-9-8-27-59(58)60)74-68-35-16-12-31-64(68)72(65-32-13-17-36-69(65)74)52-22-18-25-56(48-52)78(2,76)53-23-4-3-5-24-53/h3-48H,1-2H3. The van der Waals surface area contributed by atoms with Crippen LogP contribution >= 0.6 is 14.3 Å². The van der Waals surface area contributed by atoms with E-state index in [9.17, 15) is 4.57 Å². The topological polar surface area (TPSA) is 34.1 Å². The molecule has 0 radical (unpaired) electrons. The van der Waals surface area contributed by atoms with Crippen LogP contribution in [0.1, 0.15) is 0 Å². The quantitative estimate of drug-likeness (QED) is 0.107. The first kappa shape index (κ1) is 47.5. The third kappa shape index (κ3) is 7.78. The first-order chi connectivity index (χ1) is 38.2. The summed E-state index contributed by atoms with van der Waals surface area (Å²) in [5, 5.41) is 17.5. The van der Waals surface area contributed by atoms with E-state index in [0.717, 1.165) is 86.9 Å². The molecule has 78 heavy (non-hydrogen) atoms. The van der Waals surface area contributed by atoms with Crippen molar-refractivity contribution in [3.63, 3.8) is 0 Å². The summed E-state index contributed by atoms with van der Waals surface area (Å²) in [7, 11) is -5.85. The van der Waals surface area contributed by atoms with Gasteiger partial charge in [-0.1, -0.05) is 273 Å². The highest BCUT2D eigenvalue weighted by Gasteiger charge is 2.26. The Hall–Kier alpha value is -8.90. The lowest BCUT2D eigenvalue weighted by Gasteiger charge is -2.21. The molecule has 0 fully saturated rings. The summed E-state index contributed by atoms with van der Waals surface area (Å²) in [6, 6.07) is 98.5. The number of benzene rings is 14. The van der Waals surface area contributed by atoms with E-state index in [1.165, 1.54) is 54.6 Å². The molecule has 14 aromatic rings. The third-order valence-corrected chi connectivity index (χ3v) is 21.4. The zero-order chi connectivity index (χ0) is 52.5. The molecule has 0 aliphatic heterocycles. The molecule has 0 bridgehead atoms. The Morgan fingerprint density at radius 2 is 0.551 bits per heavy atom. The van der Waals surface area contributed by atoms with E-state index in [4.69, 9.17) is 0 Å². The third-order valence-electron chi connectivity index (χ3n) is 16.3. The highest BCUT2D eigenvalue weighted by atomic mass is 31.2. The lowest BCUT2D eigenvalue weighted by Crippen LogP contribution is -2.14. The zero-order valence-corrected chi connectivity index (χ0v) is 45.1. The van der Waals surface area contributed by atoms with Crippen LogP contribution in [0.25, 0.3) is 120 Å². The molecule has 2 unspecified atom stereocenters. The van der Waals surface area contributed by atoms with Crippen molar-refractivity contribution in [2.24, 2.45) is 0 Å². The van der Waals surface area contributed by atoms with Crippen molar-refractivity contribution in [1.29, 1.82) is 0 Å². The first-order valence-electron chi connectivity index (χ1n) is 26.6. The summed E-state index contributed by atoms with van der Waals surface area (Å²) in [4.78, 5) is 0. The first-order valence-corrected chi connectivity index (χ1v) is 31.0. The van der Waals surface area contributed by atoms with Gasteiger partial charge in [0.2, 0.25) is 0 Å². The molecule has 14 rings (SSSR count). The van der Waals surface area contributed by atoms with Gasteiger partial charge in [-0.05, 0) is 140 Å². The van der Waals surface area contributed by atoms with Crippen LogP contribution in [-0.2, 0) is 9.13 Å². The van der Waals surface area contributed by atoms with Crippen molar-refractivity contribution in [1.82, 2.24) is 0 Å². The Balaban J connectivity index is 0.819. The molecule has 0 spiro atoms. The Labute approximate surface area is 454 Å². The van der Waals surface area contributed by atoms with Gasteiger partial charge in [0.15, 0.2) is 0 Å². The molecule has 14 aromatic carbocycles. The maximum atomic E-state index is 15.1. The number of hydrogen-bond acceptors (Lipinski definition) is 2. The molecule has 0 N–H and O–H groups in total. The van der Waals surface area contributed by atoms with Gasteiger partial charge in [-0.15, -0.1) is 0 Å². The summed E-state index contributed by atoms with van der Waals surface area (Å²) < 4.78 is 29.6. The van der Waals surface area contributed by atoms with E-state index in [2.05, 4.69) is 237 Å². The summed E-state index contributed by atoms with van der Waals surface area (Å²) in [6.07, 6.45) is 0. The Bertz CT molecular complexity index is 4690. The van der Waals surface area contributed by atoms with Gasteiger partial charge in [0.05, 0.1) is 0 Å². The van der Waals surface area contributed by atoms with Gasteiger partial charge in [0.25, 0.3) is 0 Å². The van der Waals surface area contributed by atoms with E-state index in [0.29, 0.717) is 0 Å². The van der Waals surface area contributed by atoms with Crippen molar-refractivity contribution in [2.45, 2.75) is 0 Å². The maximum Gasteiger partial charge on any atom is 0.140 e. The fourth-order valence-electron chi connectivity index (χ4n) is 12.4. The molecule has 0 saturated carbocycles. The van der Waals surface area contributed by atoms with Crippen LogP contribution in [0.4, 0.5) is 0 Å². The number of fused-ring (bicyclic) bond motifs is 6. The van der Waals surface area contributed by atoms with Gasteiger partial charge < -0.3 is 9.13 Å². The van der Waals surface area contributed by atoms with Crippen LogP contribution < -0.4 is 21.2 Å². The fourth-order valence-corrected chi connectivity index (χ4v) is 16.0. The molecule has 2 atom stereocenters. The Morgan fingerprint density at radius 3 is 1.08 bits per heavy atom. The molecular weight excluding hydrogens is 983 g/mol. The summed E-state index contributed by atoms with van der Waals surface area (Å²) in [5.41, 5.74) is 11.4. The summed E-state index contributed by atoms with van der Waals surface area (Å²) in [5.74, 6) is 0. The summed E-state index contributed by atoms with van der Waals surface area (Å²) in [6.45, 7) is 3.77. The normalized spacial score (nSPS) is 13.3. The smallest absolute Gasteiger partial charge is 0.140 e. The van der Waals surface area contributed by atoms with E-state index in [1.807, 2.05) is 55.8 Å². The highest BCUT2D eigenvalue weighted by molar-refractivity contribution is 7.78. The van der Waals surface area contributed by atoms with E-state index in [-0.39, 0.29) is 0 Å². The molecular formula is C74H52O2P2. The second-order valence-electron chi connectivity index (χ2n) is 20.7. The maximum absolute atomic E-state index is 15.1. The highest BCUT2D eigenvalue weighted by Crippen LogP contribution is 2.49. The number of rotatable bonds is 9. The molecule has 370 valence electrons. The van der Waals surface area contributed by atoms with Gasteiger partial charge in [0, 0.05) is 21.2 Å². The van der Waals surface area contributed by atoms with Crippen LogP contribution in [0.15, 0.2) is 279 Å². The Morgan fingerprint density at radius 1 is 0.218 bits per heavy atom. The van der Waals surface area contributed by atoms with Crippen molar-refractivity contribution in [3.8, 4) is 55.6 Å². The minimum Gasteiger partial charge on any atom is -0.314 e. The van der Waals surface area contributed by atoms with E-state index in [1.54, 1.807) is 0 Å². The van der Waals surface area contributed by atoms with Gasteiger partial charge in [-0.25, -0.2) is 0 Å². The van der Waals surface area contributed by atoms with E-state index < -0.39 is 14.3 Å². The second kappa shape index (κ2) is 19.0. The van der Waals surface area contributed by atoms with Crippen LogP contribution in [0.2, 0.25) is 0 Å². The summed E-state index contributed by atoms with van der Waals surface area (Å²) >= 11 is 0. The molecule has 0 aliphatic carbocycles. The van der Waals surface area contributed by atoms with Gasteiger partial charge in [-0.2, -0.15) is 0 Å². The fraction of sp³-hybridized carbons (Fsp3) is 0.0270. The van der Waals surface area contributed by atoms with Crippen LogP contribution in [0, 0.1) is 0 Å². The molecule has 0 amide bonds. The van der Waals surface area contributed by atoms with Crippen molar-refractivity contribution in [3.05, 3.63) is 279 Å². The van der Waals surface area contributed by atoms with Gasteiger partial charge in [-0.3, -0.25) is 0 Å². The minimum atomic E-state index is -3.00. The van der Waals surface area contributed by atoms with Crippen molar-refractivity contribution in [2.75, 3.05) is 13.3 Å². The Kier molecular flexibility index (Phi) is 11.6. The predicted octanol–water partition coefficient (Wildman–Crippen LogP) is 18.8. The van der Waals surface area contributed by atoms with Crippen LogP contribution in [0.3, 0.4) is 0 Å². The zero-order valence-electron chi connectivity index (χ0n) is 43.3. The van der Waals surface area contributed by atoms with Crippen LogP contribution in [-0.4, -0.2) is 13.3 Å². The minimum absolute atomic E-state index is 0.820. The molecule has 0 aliphatic rings. The van der Waals surface area contributed by atoms with Crippen molar-refractivity contribution >= 4 is 100 Å². The molecule has 2 nitrogen and oxygen atoms in total. The monoisotopic (exact) mass is 1030 g/mol. The number of hydrogen-bond donors (Lipinski definition) is 0. The van der Waals surface area contributed by atoms with E-state index >= 15 is 4.57 Å². The second-order valence-corrected chi connectivity index (χ2v) is 26.5. The molecule has 0 saturated heterocycles. The largest absolute Gasteiger partial charge is 0.314 e. The molecule has 4 heteroatoms. The lowest BCUT2D eigenvalue weighted by atomic mass is 9.84.